The number of aryl methyl sites for hydroxylation is 1. The molecule has 1 N–H and O–H groups in total. The molecule has 114 valence electrons. The summed E-state index contributed by atoms with van der Waals surface area (Å²) in [6.45, 7) is 0.873. The van der Waals surface area contributed by atoms with Crippen LogP contribution in [0.15, 0.2) is 30.3 Å². The molecule has 0 aromatic heterocycles. The number of carbonyl (C=O) groups excluding carboxylic acids is 1. The molecular formula is C16H21NO4. The molecule has 21 heavy (non-hydrogen) atoms. The molecule has 1 amide bonds. The highest BCUT2D eigenvalue weighted by Gasteiger charge is 2.46. The van der Waals surface area contributed by atoms with Crippen LogP contribution >= 0.6 is 0 Å². The van der Waals surface area contributed by atoms with E-state index in [0.717, 1.165) is 5.56 Å². The van der Waals surface area contributed by atoms with Gasteiger partial charge >= 0.3 is 5.97 Å². The van der Waals surface area contributed by atoms with Crippen molar-refractivity contribution in [1.82, 2.24) is 4.90 Å². The van der Waals surface area contributed by atoms with E-state index in [0.29, 0.717) is 25.8 Å². The summed E-state index contributed by atoms with van der Waals surface area (Å²) in [6.07, 6.45) is 1.54. The minimum absolute atomic E-state index is 0.0121. The molecule has 1 aliphatic rings. The van der Waals surface area contributed by atoms with Crippen LogP contribution in [0.3, 0.4) is 0 Å². The zero-order valence-electron chi connectivity index (χ0n) is 12.2. The zero-order valence-corrected chi connectivity index (χ0v) is 12.2. The molecular weight excluding hydrogens is 270 g/mol. The average Bonchev–Trinajstić information content (AvgIpc) is 2.92. The summed E-state index contributed by atoms with van der Waals surface area (Å²) in [6, 6.07) is 9.82. The second-order valence-electron chi connectivity index (χ2n) is 5.57. The van der Waals surface area contributed by atoms with Crippen molar-refractivity contribution in [2.24, 2.45) is 5.41 Å². The number of hydrogen-bond donors (Lipinski definition) is 1. The van der Waals surface area contributed by atoms with Crippen LogP contribution in [0.4, 0.5) is 0 Å². The number of carboxylic acid groups (broad SMARTS) is 1. The first-order chi connectivity index (χ1) is 10.1. The lowest BCUT2D eigenvalue weighted by molar-refractivity contribution is -0.151. The lowest BCUT2D eigenvalue weighted by atomic mass is 9.88. The van der Waals surface area contributed by atoms with Gasteiger partial charge in [0, 0.05) is 26.6 Å². The van der Waals surface area contributed by atoms with E-state index in [1.807, 2.05) is 30.3 Å². The monoisotopic (exact) mass is 291 g/mol. The minimum Gasteiger partial charge on any atom is -0.481 e. The SMILES string of the molecule is COCC1(C(=O)O)CCN(C(=O)CCc2ccccc2)C1. The van der Waals surface area contributed by atoms with E-state index in [-0.39, 0.29) is 19.1 Å². The van der Waals surface area contributed by atoms with Crippen molar-refractivity contribution < 1.29 is 19.4 Å². The summed E-state index contributed by atoms with van der Waals surface area (Å²) in [4.78, 5) is 25.3. The number of nitrogens with zero attached hydrogens (tertiary/aromatic N) is 1. The smallest absolute Gasteiger partial charge is 0.313 e. The number of rotatable bonds is 6. The summed E-state index contributed by atoms with van der Waals surface area (Å²) in [5, 5.41) is 9.38. The molecule has 0 radical (unpaired) electrons. The van der Waals surface area contributed by atoms with Crippen LogP contribution in [-0.4, -0.2) is 48.7 Å². The zero-order chi connectivity index (χ0) is 15.3. The fourth-order valence-corrected chi connectivity index (χ4v) is 2.77. The molecule has 0 aliphatic carbocycles. The van der Waals surface area contributed by atoms with Gasteiger partial charge in [-0.2, -0.15) is 0 Å². The van der Waals surface area contributed by atoms with Crippen LogP contribution in [-0.2, 0) is 20.7 Å². The van der Waals surface area contributed by atoms with Crippen molar-refractivity contribution in [2.75, 3.05) is 26.8 Å². The summed E-state index contributed by atoms with van der Waals surface area (Å²) < 4.78 is 5.03. The molecule has 1 atom stereocenters. The van der Waals surface area contributed by atoms with Crippen LogP contribution in [0, 0.1) is 5.41 Å². The second-order valence-corrected chi connectivity index (χ2v) is 5.57. The van der Waals surface area contributed by atoms with Gasteiger partial charge in [-0.3, -0.25) is 9.59 Å². The Morgan fingerprint density at radius 2 is 2.05 bits per heavy atom. The lowest BCUT2D eigenvalue weighted by Crippen LogP contribution is -2.40. The first kappa shape index (κ1) is 15.5. The van der Waals surface area contributed by atoms with Gasteiger partial charge in [0.2, 0.25) is 5.91 Å². The van der Waals surface area contributed by atoms with Gasteiger partial charge in [0.1, 0.15) is 5.41 Å². The first-order valence-electron chi connectivity index (χ1n) is 7.11. The standard InChI is InChI=1S/C16H21NO4/c1-21-12-16(15(19)20)9-10-17(11-16)14(18)8-7-13-5-3-2-4-6-13/h2-6H,7-12H2,1H3,(H,19,20). The Labute approximate surface area is 124 Å². The van der Waals surface area contributed by atoms with Gasteiger partial charge in [-0.1, -0.05) is 30.3 Å². The molecule has 1 aromatic carbocycles. The van der Waals surface area contributed by atoms with Crippen molar-refractivity contribution >= 4 is 11.9 Å². The molecule has 0 saturated carbocycles. The number of aliphatic carboxylic acids is 1. The van der Waals surface area contributed by atoms with E-state index in [1.165, 1.54) is 7.11 Å². The average molecular weight is 291 g/mol. The van der Waals surface area contributed by atoms with Crippen molar-refractivity contribution in [3.8, 4) is 0 Å². The number of hydrogen-bond acceptors (Lipinski definition) is 3. The first-order valence-corrected chi connectivity index (χ1v) is 7.11. The Morgan fingerprint density at radius 3 is 2.67 bits per heavy atom. The Balaban J connectivity index is 1.91. The molecule has 1 saturated heterocycles. The molecule has 0 spiro atoms. The Morgan fingerprint density at radius 1 is 1.33 bits per heavy atom. The topological polar surface area (TPSA) is 66.8 Å². The fourth-order valence-electron chi connectivity index (χ4n) is 2.77. The Hall–Kier alpha value is -1.88. The lowest BCUT2D eigenvalue weighted by Gasteiger charge is -2.23. The van der Waals surface area contributed by atoms with Gasteiger partial charge in [-0.15, -0.1) is 0 Å². The summed E-state index contributed by atoms with van der Waals surface area (Å²) in [5.41, 5.74) is 0.170. The third kappa shape index (κ3) is 3.61. The molecule has 2 rings (SSSR count). The largest absolute Gasteiger partial charge is 0.481 e. The number of carboxylic acids is 1. The number of carbonyl (C=O) groups is 2. The maximum absolute atomic E-state index is 12.2. The van der Waals surface area contributed by atoms with Gasteiger partial charge in [0.05, 0.1) is 6.61 Å². The Kier molecular flexibility index (Phi) is 4.96. The minimum atomic E-state index is -0.947. The number of methoxy groups -OCH3 is 1. The van der Waals surface area contributed by atoms with Crippen molar-refractivity contribution in [2.45, 2.75) is 19.3 Å². The summed E-state index contributed by atoms with van der Waals surface area (Å²) in [7, 11) is 1.49. The van der Waals surface area contributed by atoms with Gasteiger partial charge in [-0.25, -0.2) is 0 Å². The maximum atomic E-state index is 12.2. The van der Waals surface area contributed by atoms with E-state index in [1.54, 1.807) is 4.90 Å². The van der Waals surface area contributed by atoms with Crippen LogP contribution < -0.4 is 0 Å². The van der Waals surface area contributed by atoms with Crippen molar-refractivity contribution in [3.05, 3.63) is 35.9 Å². The summed E-state index contributed by atoms with van der Waals surface area (Å²) in [5.74, 6) is -0.874. The van der Waals surface area contributed by atoms with Crippen LogP contribution in [0.5, 0.6) is 0 Å². The quantitative estimate of drug-likeness (QED) is 0.864. The molecule has 1 aliphatic heterocycles. The van der Waals surface area contributed by atoms with Crippen molar-refractivity contribution in [3.63, 3.8) is 0 Å². The van der Waals surface area contributed by atoms with Gasteiger partial charge in [-0.05, 0) is 18.4 Å². The molecule has 5 heteroatoms. The number of likely N-dealkylation sites (tertiary alicyclic amines) is 1. The van der Waals surface area contributed by atoms with E-state index in [2.05, 4.69) is 0 Å². The third-order valence-corrected chi connectivity index (χ3v) is 4.05. The number of ether oxygens (including phenoxy) is 1. The number of benzene rings is 1. The molecule has 0 bridgehead atoms. The van der Waals surface area contributed by atoms with E-state index in [9.17, 15) is 14.7 Å². The van der Waals surface area contributed by atoms with Gasteiger partial charge < -0.3 is 14.7 Å². The highest BCUT2D eigenvalue weighted by molar-refractivity contribution is 5.81. The third-order valence-electron chi connectivity index (χ3n) is 4.05. The molecule has 1 aromatic rings. The molecule has 1 unspecified atom stereocenters. The van der Waals surface area contributed by atoms with Crippen LogP contribution in [0.1, 0.15) is 18.4 Å². The predicted octanol–water partition coefficient (Wildman–Crippen LogP) is 1.57. The van der Waals surface area contributed by atoms with Crippen LogP contribution in [0.25, 0.3) is 0 Å². The van der Waals surface area contributed by atoms with Gasteiger partial charge in [0.15, 0.2) is 0 Å². The van der Waals surface area contributed by atoms with Crippen LogP contribution in [0.2, 0.25) is 0 Å². The van der Waals surface area contributed by atoms with E-state index in [4.69, 9.17) is 4.74 Å². The molecule has 5 nitrogen and oxygen atoms in total. The van der Waals surface area contributed by atoms with Crippen molar-refractivity contribution in [1.29, 1.82) is 0 Å². The predicted molar refractivity (Wildman–Crippen MR) is 77.9 cm³/mol. The number of amides is 1. The Bertz CT molecular complexity index is 502. The maximum Gasteiger partial charge on any atom is 0.313 e. The highest BCUT2D eigenvalue weighted by atomic mass is 16.5. The van der Waals surface area contributed by atoms with E-state index >= 15 is 0 Å². The normalized spacial score (nSPS) is 21.5. The van der Waals surface area contributed by atoms with E-state index < -0.39 is 11.4 Å². The summed E-state index contributed by atoms with van der Waals surface area (Å²) >= 11 is 0. The molecule has 1 heterocycles. The fraction of sp³-hybridized carbons (Fsp3) is 0.500. The highest BCUT2D eigenvalue weighted by Crippen LogP contribution is 2.31. The second kappa shape index (κ2) is 6.72. The molecule has 1 fully saturated rings. The van der Waals surface area contributed by atoms with Gasteiger partial charge in [0.25, 0.3) is 0 Å².